The number of hydrogen-bond donors (Lipinski definition) is 1. The molecule has 5 aromatic rings. The fourth-order valence-electron chi connectivity index (χ4n) is 3.88. The number of aromatic nitrogens is 3. The number of fused-ring (bicyclic) bond motifs is 2. The molecule has 0 aliphatic rings. The highest BCUT2D eigenvalue weighted by Crippen LogP contribution is 2.21. The van der Waals surface area contributed by atoms with Crippen LogP contribution in [0, 0.1) is 0 Å². The second-order valence-electron chi connectivity index (χ2n) is 7.84. The molecule has 2 heterocycles. The molecule has 0 fully saturated rings. The van der Waals surface area contributed by atoms with Crippen LogP contribution in [-0.2, 0) is 17.9 Å². The van der Waals surface area contributed by atoms with Crippen LogP contribution in [0.2, 0.25) is 5.02 Å². The van der Waals surface area contributed by atoms with Gasteiger partial charge in [0.15, 0.2) is 0 Å². The van der Waals surface area contributed by atoms with Crippen LogP contribution >= 0.6 is 11.6 Å². The maximum absolute atomic E-state index is 12.6. The highest BCUT2D eigenvalue weighted by Gasteiger charge is 2.09. The molecule has 0 aliphatic heterocycles. The summed E-state index contributed by atoms with van der Waals surface area (Å²) in [5, 5.41) is 6.31. The Bertz CT molecular complexity index is 1580. The zero-order chi connectivity index (χ0) is 23.5. The van der Waals surface area contributed by atoms with Gasteiger partial charge in [0.05, 0.1) is 23.4 Å². The maximum atomic E-state index is 12.6. The van der Waals surface area contributed by atoms with Crippen molar-refractivity contribution in [1.29, 1.82) is 0 Å². The second kappa shape index (κ2) is 9.33. The van der Waals surface area contributed by atoms with E-state index in [9.17, 15) is 9.59 Å². The van der Waals surface area contributed by atoms with Crippen molar-refractivity contribution < 1.29 is 4.79 Å². The van der Waals surface area contributed by atoms with Crippen molar-refractivity contribution in [3.05, 3.63) is 112 Å². The van der Waals surface area contributed by atoms with Gasteiger partial charge < -0.3 is 4.57 Å². The van der Waals surface area contributed by atoms with E-state index in [4.69, 9.17) is 11.6 Å². The molecule has 0 saturated carbocycles. The van der Waals surface area contributed by atoms with E-state index in [2.05, 4.69) is 20.1 Å². The van der Waals surface area contributed by atoms with Crippen LogP contribution in [0.5, 0.6) is 0 Å². The van der Waals surface area contributed by atoms with Gasteiger partial charge in [0, 0.05) is 34.2 Å². The molecule has 0 unspecified atom stereocenters. The van der Waals surface area contributed by atoms with Gasteiger partial charge in [-0.3, -0.25) is 14.2 Å². The summed E-state index contributed by atoms with van der Waals surface area (Å²) in [5.74, 6) is -0.416. The second-order valence-corrected chi connectivity index (χ2v) is 8.28. The van der Waals surface area contributed by atoms with Crippen molar-refractivity contribution in [3.8, 4) is 0 Å². The molecule has 0 bridgehead atoms. The highest BCUT2D eigenvalue weighted by atomic mass is 35.5. The molecule has 2 aromatic heterocycles. The smallest absolute Gasteiger partial charge is 0.261 e. The van der Waals surface area contributed by atoms with Gasteiger partial charge >= 0.3 is 0 Å². The molecule has 168 valence electrons. The first-order chi connectivity index (χ1) is 16.6. The normalized spacial score (nSPS) is 11.4. The number of rotatable bonds is 6. The molecule has 0 radical (unpaired) electrons. The monoisotopic (exact) mass is 469 g/mol. The van der Waals surface area contributed by atoms with E-state index in [0.29, 0.717) is 22.5 Å². The van der Waals surface area contributed by atoms with Crippen LogP contribution in [0.4, 0.5) is 0 Å². The van der Waals surface area contributed by atoms with Gasteiger partial charge in [0.25, 0.3) is 11.5 Å². The predicted molar refractivity (Wildman–Crippen MR) is 134 cm³/mol. The van der Waals surface area contributed by atoms with E-state index in [1.54, 1.807) is 24.4 Å². The summed E-state index contributed by atoms with van der Waals surface area (Å²) in [6.45, 7) is 0.502. The lowest BCUT2D eigenvalue weighted by atomic mass is 10.2. The van der Waals surface area contributed by atoms with E-state index in [1.165, 1.54) is 10.9 Å². The zero-order valence-corrected chi connectivity index (χ0v) is 18.8. The third-order valence-electron chi connectivity index (χ3n) is 5.52. The van der Waals surface area contributed by atoms with Crippen LogP contribution in [0.3, 0.4) is 0 Å². The van der Waals surface area contributed by atoms with Gasteiger partial charge in [-0.2, -0.15) is 5.10 Å². The highest BCUT2D eigenvalue weighted by molar-refractivity contribution is 6.30. The number of hydrazone groups is 1. The van der Waals surface area contributed by atoms with Crippen LogP contribution in [0.25, 0.3) is 21.8 Å². The van der Waals surface area contributed by atoms with E-state index in [1.807, 2.05) is 60.8 Å². The Labute approximate surface area is 199 Å². The lowest BCUT2D eigenvalue weighted by molar-refractivity contribution is -0.121. The molecule has 0 atom stereocenters. The minimum absolute atomic E-state index is 0.174. The third kappa shape index (κ3) is 4.46. The van der Waals surface area contributed by atoms with Gasteiger partial charge in [0.2, 0.25) is 0 Å². The SMILES string of the molecule is O=C(Cn1cnc2ccccc2c1=O)N/N=C/c1cn(Cc2ccc(Cl)cc2)c2ccccc12. The lowest BCUT2D eigenvalue weighted by Crippen LogP contribution is -2.30. The van der Waals surface area contributed by atoms with E-state index in [-0.39, 0.29) is 12.1 Å². The largest absolute Gasteiger partial charge is 0.342 e. The number of carbonyl (C=O) groups excluding carboxylic acids is 1. The molecule has 7 nitrogen and oxygen atoms in total. The van der Waals surface area contributed by atoms with Gasteiger partial charge in [-0.15, -0.1) is 0 Å². The maximum Gasteiger partial charge on any atom is 0.261 e. The number of nitrogens with zero attached hydrogens (tertiary/aromatic N) is 4. The van der Waals surface area contributed by atoms with E-state index in [0.717, 1.165) is 22.0 Å². The first-order valence-electron chi connectivity index (χ1n) is 10.7. The predicted octanol–water partition coefficient (Wildman–Crippen LogP) is 4.20. The quantitative estimate of drug-likeness (QED) is 0.299. The first kappa shape index (κ1) is 21.6. The molecule has 34 heavy (non-hydrogen) atoms. The Kier molecular flexibility index (Phi) is 5.93. The number of carbonyl (C=O) groups is 1. The minimum Gasteiger partial charge on any atom is -0.342 e. The van der Waals surface area contributed by atoms with Crippen molar-refractivity contribution >= 4 is 45.5 Å². The standard InChI is InChI=1S/C26H20ClN5O2/c27-20-11-9-18(10-12-20)14-31-15-19(21-5-2-4-8-24(21)31)13-29-30-25(33)16-32-17-28-23-7-3-1-6-22(23)26(32)34/h1-13,15,17H,14,16H2,(H,30,33)/b29-13+. The number of nitrogens with one attached hydrogen (secondary N) is 1. The van der Waals surface area contributed by atoms with Crippen LogP contribution in [-0.4, -0.2) is 26.2 Å². The third-order valence-corrected chi connectivity index (χ3v) is 5.78. The summed E-state index contributed by atoms with van der Waals surface area (Å²) in [5.41, 5.74) is 5.88. The lowest BCUT2D eigenvalue weighted by Gasteiger charge is -2.05. The van der Waals surface area contributed by atoms with Crippen molar-refractivity contribution in [2.24, 2.45) is 5.10 Å². The molecular formula is C26H20ClN5O2. The van der Waals surface area contributed by atoms with E-state index >= 15 is 0 Å². The Morgan fingerprint density at radius 1 is 0.971 bits per heavy atom. The summed E-state index contributed by atoms with van der Waals surface area (Å²) in [6.07, 6.45) is 4.98. The fraction of sp³-hybridized carbons (Fsp3) is 0.0769. The molecule has 1 amide bonds. The molecule has 8 heteroatoms. The first-order valence-corrected chi connectivity index (χ1v) is 11.0. The molecule has 1 N–H and O–H groups in total. The number of halogens is 1. The minimum atomic E-state index is -0.416. The van der Waals surface area contributed by atoms with Crippen molar-refractivity contribution in [1.82, 2.24) is 19.5 Å². The number of para-hydroxylation sites is 2. The van der Waals surface area contributed by atoms with Crippen molar-refractivity contribution in [3.63, 3.8) is 0 Å². The number of benzene rings is 3. The summed E-state index contributed by atoms with van der Waals surface area (Å²) >= 11 is 6.00. The summed E-state index contributed by atoms with van der Waals surface area (Å²) in [6, 6.07) is 22.8. The topological polar surface area (TPSA) is 81.3 Å². The van der Waals surface area contributed by atoms with Crippen LogP contribution < -0.4 is 11.0 Å². The van der Waals surface area contributed by atoms with Gasteiger partial charge in [-0.05, 0) is 35.9 Å². The van der Waals surface area contributed by atoms with Crippen molar-refractivity contribution in [2.75, 3.05) is 0 Å². The molecular weight excluding hydrogens is 450 g/mol. The molecule has 5 rings (SSSR count). The summed E-state index contributed by atoms with van der Waals surface area (Å²) < 4.78 is 3.40. The average Bonchev–Trinajstić information content (AvgIpc) is 3.20. The van der Waals surface area contributed by atoms with E-state index < -0.39 is 5.91 Å². The van der Waals surface area contributed by atoms with Crippen molar-refractivity contribution in [2.45, 2.75) is 13.1 Å². The molecule has 0 spiro atoms. The van der Waals surface area contributed by atoms with Crippen LogP contribution in [0.1, 0.15) is 11.1 Å². The Balaban J connectivity index is 1.32. The Hall–Kier alpha value is -4.23. The molecule has 0 saturated heterocycles. The van der Waals surface area contributed by atoms with Crippen LogP contribution in [0.15, 0.2) is 95.2 Å². The summed E-state index contributed by atoms with van der Waals surface area (Å²) in [7, 11) is 0. The van der Waals surface area contributed by atoms with Gasteiger partial charge in [-0.25, -0.2) is 10.4 Å². The Morgan fingerprint density at radius 3 is 2.53 bits per heavy atom. The van der Waals surface area contributed by atoms with Gasteiger partial charge in [-0.1, -0.05) is 54.1 Å². The summed E-state index contributed by atoms with van der Waals surface area (Å²) in [4.78, 5) is 29.2. The van der Waals surface area contributed by atoms with Gasteiger partial charge in [0.1, 0.15) is 6.54 Å². The molecule has 0 aliphatic carbocycles. The fourth-order valence-corrected chi connectivity index (χ4v) is 4.00. The number of amides is 1. The Morgan fingerprint density at radius 2 is 1.71 bits per heavy atom. The molecule has 3 aromatic carbocycles. The zero-order valence-electron chi connectivity index (χ0n) is 18.1. The average molecular weight is 470 g/mol. The number of hydrogen-bond acceptors (Lipinski definition) is 4.